The van der Waals surface area contributed by atoms with Crippen LogP contribution in [0.5, 0.6) is 0 Å². The van der Waals surface area contributed by atoms with Gasteiger partial charge in [0.05, 0.1) is 5.69 Å². The Balaban J connectivity index is 2.70. The van der Waals surface area contributed by atoms with E-state index in [1.54, 1.807) is 6.07 Å². The van der Waals surface area contributed by atoms with Gasteiger partial charge in [-0.15, -0.1) is 0 Å². The highest BCUT2D eigenvalue weighted by atomic mass is 127. The lowest BCUT2D eigenvalue weighted by Crippen LogP contribution is -2.36. The first kappa shape index (κ1) is 14.2. The van der Waals surface area contributed by atoms with Crippen LogP contribution in [-0.4, -0.2) is 12.5 Å². The molecule has 0 aromatic heterocycles. The summed E-state index contributed by atoms with van der Waals surface area (Å²) in [6.45, 7) is 2.81. The lowest BCUT2D eigenvalue weighted by Gasteiger charge is -2.10. The van der Waals surface area contributed by atoms with E-state index in [9.17, 15) is 4.39 Å². The molecule has 0 unspecified atom stereocenters. The maximum atomic E-state index is 12.9. The first-order valence-corrected chi connectivity index (χ1v) is 6.48. The molecule has 4 N–H and O–H groups in total. The van der Waals surface area contributed by atoms with E-state index in [1.165, 1.54) is 12.1 Å². The van der Waals surface area contributed by atoms with Crippen molar-refractivity contribution in [2.24, 2.45) is 10.8 Å². The molecule has 0 amide bonds. The summed E-state index contributed by atoms with van der Waals surface area (Å²) in [5.41, 5.74) is 3.27. The summed E-state index contributed by atoms with van der Waals surface area (Å²) in [7, 11) is 0. The lowest BCUT2D eigenvalue weighted by atomic mass is 10.3. The molecule has 0 atom stereocenters. The van der Waals surface area contributed by atoms with Crippen LogP contribution in [0.4, 0.5) is 10.1 Å². The van der Waals surface area contributed by atoms with Gasteiger partial charge in [0.2, 0.25) is 5.96 Å². The van der Waals surface area contributed by atoms with Crippen molar-refractivity contribution in [1.29, 1.82) is 0 Å². The molecule has 0 saturated heterocycles. The van der Waals surface area contributed by atoms with E-state index in [4.69, 9.17) is 5.84 Å². The van der Waals surface area contributed by atoms with Crippen molar-refractivity contribution in [3.8, 4) is 0 Å². The minimum atomic E-state index is -0.259. The molecule has 0 aliphatic heterocycles. The topological polar surface area (TPSA) is 62.4 Å². The summed E-state index contributed by atoms with van der Waals surface area (Å²) < 4.78 is 13.7. The van der Waals surface area contributed by atoms with Gasteiger partial charge in [-0.05, 0) is 47.2 Å². The Morgan fingerprint density at radius 2 is 2.29 bits per heavy atom. The van der Waals surface area contributed by atoms with Gasteiger partial charge in [0.1, 0.15) is 5.82 Å². The standard InChI is InChI=1S/C11H16FIN4/c1-2-3-6-15-11(17-14)16-10-5-4-8(12)7-9(10)13/h4-5,7H,2-3,6,14H2,1H3,(H2,15,16,17). The van der Waals surface area contributed by atoms with Crippen molar-refractivity contribution in [3.63, 3.8) is 0 Å². The molecular formula is C11H16FIN4. The number of unbranched alkanes of at least 4 members (excludes halogenated alkanes) is 1. The fraction of sp³-hybridized carbons (Fsp3) is 0.364. The molecule has 1 aromatic carbocycles. The van der Waals surface area contributed by atoms with Gasteiger partial charge in [0, 0.05) is 10.1 Å². The van der Waals surface area contributed by atoms with Crippen LogP contribution in [0.25, 0.3) is 0 Å². The van der Waals surface area contributed by atoms with E-state index in [0.717, 1.165) is 22.1 Å². The molecule has 0 aliphatic rings. The van der Waals surface area contributed by atoms with E-state index in [0.29, 0.717) is 12.5 Å². The van der Waals surface area contributed by atoms with Crippen LogP contribution in [0.15, 0.2) is 23.2 Å². The zero-order valence-electron chi connectivity index (χ0n) is 9.63. The highest BCUT2D eigenvalue weighted by molar-refractivity contribution is 14.1. The second-order valence-corrected chi connectivity index (χ2v) is 4.64. The summed E-state index contributed by atoms with van der Waals surface area (Å²) in [6, 6.07) is 4.50. The second kappa shape index (κ2) is 7.44. The van der Waals surface area contributed by atoms with Crippen LogP contribution < -0.4 is 16.6 Å². The largest absolute Gasteiger partial charge is 0.324 e. The van der Waals surface area contributed by atoms with Gasteiger partial charge >= 0.3 is 0 Å². The average Bonchev–Trinajstić information content (AvgIpc) is 2.31. The molecule has 0 spiro atoms. The number of rotatable bonds is 4. The Morgan fingerprint density at radius 1 is 1.53 bits per heavy atom. The van der Waals surface area contributed by atoms with Crippen LogP contribution in [0.3, 0.4) is 0 Å². The quantitative estimate of drug-likeness (QED) is 0.195. The fourth-order valence-corrected chi connectivity index (χ4v) is 1.80. The van der Waals surface area contributed by atoms with Gasteiger partial charge in [-0.2, -0.15) is 0 Å². The molecule has 0 bridgehead atoms. The summed E-state index contributed by atoms with van der Waals surface area (Å²) in [5.74, 6) is 5.59. The average molecular weight is 350 g/mol. The highest BCUT2D eigenvalue weighted by Gasteiger charge is 2.03. The molecule has 0 fully saturated rings. The number of hydrogen-bond donors (Lipinski definition) is 3. The number of aliphatic imine (C=N–C) groups is 1. The molecule has 0 aliphatic carbocycles. The maximum Gasteiger partial charge on any atom is 0.210 e. The number of nitrogens with zero attached hydrogens (tertiary/aromatic N) is 1. The third-order valence-corrected chi connectivity index (χ3v) is 3.00. The summed E-state index contributed by atoms with van der Waals surface area (Å²) in [6.07, 6.45) is 2.09. The van der Waals surface area contributed by atoms with Crippen molar-refractivity contribution < 1.29 is 4.39 Å². The number of anilines is 1. The van der Waals surface area contributed by atoms with Gasteiger partial charge in [0.25, 0.3) is 0 Å². The van der Waals surface area contributed by atoms with Crippen LogP contribution in [-0.2, 0) is 0 Å². The summed E-state index contributed by atoms with van der Waals surface area (Å²) >= 11 is 2.05. The van der Waals surface area contributed by atoms with Crippen LogP contribution >= 0.6 is 22.6 Å². The van der Waals surface area contributed by atoms with Crippen molar-refractivity contribution in [2.75, 3.05) is 11.9 Å². The molecule has 1 rings (SSSR count). The van der Waals surface area contributed by atoms with Gasteiger partial charge < -0.3 is 5.32 Å². The zero-order valence-corrected chi connectivity index (χ0v) is 11.8. The Kier molecular flexibility index (Phi) is 6.20. The van der Waals surface area contributed by atoms with E-state index in [-0.39, 0.29) is 5.82 Å². The van der Waals surface area contributed by atoms with Crippen molar-refractivity contribution in [3.05, 3.63) is 27.6 Å². The number of guanidine groups is 1. The van der Waals surface area contributed by atoms with Gasteiger partial charge in [-0.3, -0.25) is 10.4 Å². The Morgan fingerprint density at radius 3 is 2.88 bits per heavy atom. The first-order chi connectivity index (χ1) is 8.17. The lowest BCUT2D eigenvalue weighted by molar-refractivity contribution is 0.627. The molecule has 0 saturated carbocycles. The van der Waals surface area contributed by atoms with Gasteiger partial charge in [-0.1, -0.05) is 13.3 Å². The van der Waals surface area contributed by atoms with Crippen LogP contribution in [0, 0.1) is 9.39 Å². The Labute approximate surface area is 114 Å². The highest BCUT2D eigenvalue weighted by Crippen LogP contribution is 2.18. The predicted molar refractivity (Wildman–Crippen MR) is 77.3 cm³/mol. The van der Waals surface area contributed by atoms with Crippen molar-refractivity contribution in [2.45, 2.75) is 19.8 Å². The molecule has 0 radical (unpaired) electrons. The smallest absolute Gasteiger partial charge is 0.210 e. The van der Waals surface area contributed by atoms with Crippen LogP contribution in [0.1, 0.15) is 19.8 Å². The number of halogens is 2. The van der Waals surface area contributed by atoms with E-state index in [2.05, 4.69) is 45.2 Å². The third kappa shape index (κ3) is 4.86. The van der Waals surface area contributed by atoms with E-state index >= 15 is 0 Å². The SMILES string of the molecule is CCCCN=C(NN)Nc1ccc(F)cc1I. The number of nitrogens with two attached hydrogens (primary N) is 1. The Hall–Kier alpha value is -0.890. The zero-order chi connectivity index (χ0) is 12.7. The summed E-state index contributed by atoms with van der Waals surface area (Å²) in [4.78, 5) is 4.26. The number of hydrogen-bond acceptors (Lipinski definition) is 2. The summed E-state index contributed by atoms with van der Waals surface area (Å²) in [5, 5.41) is 3.02. The maximum absolute atomic E-state index is 12.9. The van der Waals surface area contributed by atoms with Crippen molar-refractivity contribution in [1.82, 2.24) is 5.43 Å². The number of nitrogens with one attached hydrogen (secondary N) is 2. The molecule has 0 heterocycles. The molecule has 4 nitrogen and oxygen atoms in total. The molecule has 17 heavy (non-hydrogen) atoms. The van der Waals surface area contributed by atoms with Crippen molar-refractivity contribution >= 4 is 34.2 Å². The predicted octanol–water partition coefficient (Wildman–Crippen LogP) is 2.46. The minimum absolute atomic E-state index is 0.259. The van der Waals surface area contributed by atoms with Gasteiger partial charge in [0.15, 0.2) is 0 Å². The first-order valence-electron chi connectivity index (χ1n) is 5.40. The molecule has 6 heteroatoms. The molecular weight excluding hydrogens is 334 g/mol. The normalized spacial score (nSPS) is 11.4. The van der Waals surface area contributed by atoms with Gasteiger partial charge in [-0.25, -0.2) is 10.2 Å². The minimum Gasteiger partial charge on any atom is -0.324 e. The number of benzene rings is 1. The monoisotopic (exact) mass is 350 g/mol. The number of hydrazine groups is 1. The van der Waals surface area contributed by atoms with E-state index in [1.807, 2.05) is 0 Å². The molecule has 1 aromatic rings. The third-order valence-electron chi connectivity index (χ3n) is 2.10. The molecule has 94 valence electrons. The second-order valence-electron chi connectivity index (χ2n) is 3.48. The Bertz CT molecular complexity index is 395. The van der Waals surface area contributed by atoms with E-state index < -0.39 is 0 Å². The fourth-order valence-electron chi connectivity index (χ4n) is 1.19. The van der Waals surface area contributed by atoms with Crippen LogP contribution in [0.2, 0.25) is 0 Å².